The lowest BCUT2D eigenvalue weighted by Crippen LogP contribution is -2.44. The van der Waals surface area contributed by atoms with E-state index in [0.717, 1.165) is 32.5 Å². The molecule has 15 heavy (non-hydrogen) atoms. The lowest BCUT2D eigenvalue weighted by atomic mass is 9.98. The first-order valence-corrected chi connectivity index (χ1v) is 5.99. The number of likely N-dealkylation sites (tertiary alicyclic amines) is 1. The number of nitrogens with zero attached hydrogens (tertiary/aromatic N) is 1. The predicted octanol–water partition coefficient (Wildman–Crippen LogP) is -0.0643. The van der Waals surface area contributed by atoms with Gasteiger partial charge < -0.3 is 11.1 Å². The smallest absolute Gasteiger partial charge is 0.234 e. The summed E-state index contributed by atoms with van der Waals surface area (Å²) in [6.07, 6.45) is 4.73. The molecule has 0 bridgehead atoms. The fourth-order valence-electron chi connectivity index (χ4n) is 2.19. The van der Waals surface area contributed by atoms with Gasteiger partial charge in [-0.05, 0) is 44.7 Å². The average Bonchev–Trinajstić information content (AvgIpc) is 3.02. The van der Waals surface area contributed by atoms with E-state index < -0.39 is 0 Å². The molecule has 0 radical (unpaired) electrons. The van der Waals surface area contributed by atoms with Crippen molar-refractivity contribution in [3.63, 3.8) is 0 Å². The van der Waals surface area contributed by atoms with E-state index in [1.807, 2.05) is 0 Å². The lowest BCUT2D eigenvalue weighted by Gasteiger charge is -2.31. The molecule has 2 aliphatic rings. The van der Waals surface area contributed by atoms with Crippen molar-refractivity contribution in [2.24, 2.45) is 11.7 Å². The number of amides is 1. The largest absolute Gasteiger partial charge is 0.352 e. The van der Waals surface area contributed by atoms with Gasteiger partial charge in [-0.2, -0.15) is 0 Å². The number of rotatable bonds is 4. The third kappa shape index (κ3) is 3.47. The molecule has 4 nitrogen and oxygen atoms in total. The SMILES string of the molecule is NCC1CCCN(CC(=O)NC2CC2)C1. The van der Waals surface area contributed by atoms with Crippen LogP contribution in [-0.2, 0) is 4.79 Å². The molecule has 1 heterocycles. The van der Waals surface area contributed by atoms with Gasteiger partial charge in [0.25, 0.3) is 0 Å². The van der Waals surface area contributed by atoms with E-state index in [1.165, 1.54) is 12.8 Å². The van der Waals surface area contributed by atoms with Gasteiger partial charge in [0.1, 0.15) is 0 Å². The Hall–Kier alpha value is -0.610. The topological polar surface area (TPSA) is 58.4 Å². The van der Waals surface area contributed by atoms with Crippen LogP contribution in [0.5, 0.6) is 0 Å². The second-order valence-electron chi connectivity index (χ2n) is 4.82. The van der Waals surface area contributed by atoms with Crippen LogP contribution < -0.4 is 11.1 Å². The molecule has 0 spiro atoms. The summed E-state index contributed by atoms with van der Waals surface area (Å²) >= 11 is 0. The number of hydrogen-bond donors (Lipinski definition) is 2. The minimum Gasteiger partial charge on any atom is -0.352 e. The molecule has 1 unspecified atom stereocenters. The van der Waals surface area contributed by atoms with Gasteiger partial charge in [-0.25, -0.2) is 0 Å². The van der Waals surface area contributed by atoms with E-state index in [0.29, 0.717) is 18.5 Å². The summed E-state index contributed by atoms with van der Waals surface area (Å²) in [5.41, 5.74) is 5.66. The van der Waals surface area contributed by atoms with E-state index >= 15 is 0 Å². The lowest BCUT2D eigenvalue weighted by molar-refractivity contribution is -0.122. The van der Waals surface area contributed by atoms with Crippen LogP contribution in [0.3, 0.4) is 0 Å². The van der Waals surface area contributed by atoms with Crippen LogP contribution in [0.4, 0.5) is 0 Å². The summed E-state index contributed by atoms with van der Waals surface area (Å²) in [6.45, 7) is 3.36. The highest BCUT2D eigenvalue weighted by atomic mass is 16.2. The zero-order chi connectivity index (χ0) is 10.7. The predicted molar refractivity (Wildman–Crippen MR) is 59.4 cm³/mol. The molecule has 86 valence electrons. The molecule has 1 aliphatic carbocycles. The van der Waals surface area contributed by atoms with E-state index in [-0.39, 0.29) is 5.91 Å². The fraction of sp³-hybridized carbons (Fsp3) is 0.909. The van der Waals surface area contributed by atoms with Crippen molar-refractivity contribution < 1.29 is 4.79 Å². The fourth-order valence-corrected chi connectivity index (χ4v) is 2.19. The maximum Gasteiger partial charge on any atom is 0.234 e. The zero-order valence-corrected chi connectivity index (χ0v) is 9.24. The number of carbonyl (C=O) groups excluding carboxylic acids is 1. The summed E-state index contributed by atoms with van der Waals surface area (Å²) in [6, 6.07) is 0.479. The first kappa shape index (κ1) is 10.9. The molecular weight excluding hydrogens is 190 g/mol. The van der Waals surface area contributed by atoms with Crippen molar-refractivity contribution in [3.8, 4) is 0 Å². The minimum atomic E-state index is 0.190. The van der Waals surface area contributed by atoms with Crippen molar-refractivity contribution in [1.82, 2.24) is 10.2 Å². The Bertz CT molecular complexity index is 228. The minimum absolute atomic E-state index is 0.190. The molecule has 2 fully saturated rings. The second kappa shape index (κ2) is 4.94. The first-order valence-electron chi connectivity index (χ1n) is 5.99. The maximum atomic E-state index is 11.6. The Morgan fingerprint density at radius 3 is 2.87 bits per heavy atom. The monoisotopic (exact) mass is 211 g/mol. The van der Waals surface area contributed by atoms with Crippen LogP contribution in [0.15, 0.2) is 0 Å². The molecule has 4 heteroatoms. The normalized spacial score (nSPS) is 27.7. The Balaban J connectivity index is 1.70. The highest BCUT2D eigenvalue weighted by Gasteiger charge is 2.25. The maximum absolute atomic E-state index is 11.6. The van der Waals surface area contributed by atoms with Gasteiger partial charge in [0, 0.05) is 12.6 Å². The Morgan fingerprint density at radius 1 is 1.40 bits per heavy atom. The van der Waals surface area contributed by atoms with Crippen molar-refractivity contribution >= 4 is 5.91 Å². The molecule has 1 atom stereocenters. The van der Waals surface area contributed by atoms with E-state index in [1.54, 1.807) is 0 Å². The summed E-state index contributed by atoms with van der Waals surface area (Å²) in [5.74, 6) is 0.780. The molecule has 1 aliphatic heterocycles. The van der Waals surface area contributed by atoms with Gasteiger partial charge in [-0.1, -0.05) is 0 Å². The quantitative estimate of drug-likeness (QED) is 0.684. The summed E-state index contributed by atoms with van der Waals surface area (Å²) in [7, 11) is 0. The van der Waals surface area contributed by atoms with Crippen LogP contribution in [0.1, 0.15) is 25.7 Å². The first-order chi connectivity index (χ1) is 7.28. The van der Waals surface area contributed by atoms with Crippen LogP contribution >= 0.6 is 0 Å². The number of hydrogen-bond acceptors (Lipinski definition) is 3. The van der Waals surface area contributed by atoms with Crippen LogP contribution in [0, 0.1) is 5.92 Å². The van der Waals surface area contributed by atoms with Crippen LogP contribution in [0.25, 0.3) is 0 Å². The third-order valence-electron chi connectivity index (χ3n) is 3.25. The van der Waals surface area contributed by atoms with Crippen molar-refractivity contribution in [2.75, 3.05) is 26.2 Å². The van der Waals surface area contributed by atoms with Gasteiger partial charge in [-0.3, -0.25) is 9.69 Å². The van der Waals surface area contributed by atoms with Crippen molar-refractivity contribution in [1.29, 1.82) is 0 Å². The van der Waals surface area contributed by atoms with Crippen molar-refractivity contribution in [2.45, 2.75) is 31.7 Å². The summed E-state index contributed by atoms with van der Waals surface area (Å²) in [4.78, 5) is 13.8. The number of nitrogens with two attached hydrogens (primary N) is 1. The number of nitrogens with one attached hydrogen (secondary N) is 1. The van der Waals surface area contributed by atoms with Gasteiger partial charge in [-0.15, -0.1) is 0 Å². The zero-order valence-electron chi connectivity index (χ0n) is 9.24. The Labute approximate surface area is 91.2 Å². The third-order valence-corrected chi connectivity index (χ3v) is 3.25. The van der Waals surface area contributed by atoms with E-state index in [2.05, 4.69) is 10.2 Å². The number of piperidine rings is 1. The highest BCUT2D eigenvalue weighted by molar-refractivity contribution is 5.78. The molecule has 1 saturated carbocycles. The Kier molecular flexibility index (Phi) is 3.59. The van der Waals surface area contributed by atoms with Gasteiger partial charge >= 0.3 is 0 Å². The van der Waals surface area contributed by atoms with E-state index in [4.69, 9.17) is 5.73 Å². The molecule has 2 rings (SSSR count). The molecule has 3 N–H and O–H groups in total. The average molecular weight is 211 g/mol. The highest BCUT2D eigenvalue weighted by Crippen LogP contribution is 2.19. The van der Waals surface area contributed by atoms with Gasteiger partial charge in [0.05, 0.1) is 6.54 Å². The van der Waals surface area contributed by atoms with E-state index in [9.17, 15) is 4.79 Å². The Morgan fingerprint density at radius 2 is 2.20 bits per heavy atom. The van der Waals surface area contributed by atoms with Gasteiger partial charge in [0.15, 0.2) is 0 Å². The van der Waals surface area contributed by atoms with Crippen LogP contribution in [-0.4, -0.2) is 43.0 Å². The molecule has 0 aromatic heterocycles. The molecule has 0 aromatic carbocycles. The molecule has 0 aromatic rings. The summed E-state index contributed by atoms with van der Waals surface area (Å²) in [5, 5.41) is 3.02. The molecule has 1 amide bonds. The van der Waals surface area contributed by atoms with Crippen molar-refractivity contribution in [3.05, 3.63) is 0 Å². The van der Waals surface area contributed by atoms with Gasteiger partial charge in [0.2, 0.25) is 5.91 Å². The second-order valence-corrected chi connectivity index (χ2v) is 4.82. The summed E-state index contributed by atoms with van der Waals surface area (Å²) < 4.78 is 0. The molecule has 1 saturated heterocycles. The molecular formula is C11H21N3O. The number of carbonyl (C=O) groups is 1. The van der Waals surface area contributed by atoms with Crippen LogP contribution in [0.2, 0.25) is 0 Å². The standard InChI is InChI=1S/C11H21N3O/c12-6-9-2-1-5-14(7-9)8-11(15)13-10-3-4-10/h9-10H,1-8,12H2,(H,13,15).